The van der Waals surface area contributed by atoms with Crippen molar-refractivity contribution in [3.05, 3.63) is 0 Å². The van der Waals surface area contributed by atoms with E-state index in [1.807, 2.05) is 12.2 Å². The van der Waals surface area contributed by atoms with Crippen LogP contribution in [-0.4, -0.2) is 99.4 Å². The predicted octanol–water partition coefficient (Wildman–Crippen LogP) is -3.75. The maximum absolute atomic E-state index is 12.4. The Morgan fingerprint density at radius 1 is 0.886 bits per heavy atom. The number of aliphatic hydroxyl groups is 2. The zero-order chi connectivity index (χ0) is 27.3. The van der Waals surface area contributed by atoms with E-state index in [0.29, 0.717) is 6.42 Å². The number of nitrogens with two attached hydrogens (primary N) is 1. The van der Waals surface area contributed by atoms with Crippen molar-refractivity contribution in [2.75, 3.05) is 13.2 Å². The molecule has 0 aromatic rings. The van der Waals surface area contributed by atoms with E-state index in [2.05, 4.69) is 16.0 Å². The second-order valence-corrected chi connectivity index (χ2v) is 7.99. The third kappa shape index (κ3) is 11.6. The molecule has 0 aliphatic rings. The molecule has 6 atom stereocenters. The lowest BCUT2D eigenvalue weighted by Gasteiger charge is -2.24. The van der Waals surface area contributed by atoms with Crippen molar-refractivity contribution in [3.8, 4) is 0 Å². The van der Waals surface area contributed by atoms with E-state index in [0.717, 1.165) is 0 Å². The smallest absolute Gasteiger partial charge is 0.326 e. The molecule has 0 aromatic heterocycles. The van der Waals surface area contributed by atoms with Crippen LogP contribution in [0.15, 0.2) is 0 Å². The summed E-state index contributed by atoms with van der Waals surface area (Å²) in [4.78, 5) is 70.7. The van der Waals surface area contributed by atoms with E-state index in [-0.39, 0.29) is 5.92 Å². The number of carboxylic acid groups (broad SMARTS) is 2. The van der Waals surface area contributed by atoms with E-state index >= 15 is 0 Å². The molecule has 10 N–H and O–H groups in total. The number of amides is 4. The highest BCUT2D eigenvalue weighted by molar-refractivity contribution is 5.94. The second kappa shape index (κ2) is 15.6. The van der Waals surface area contributed by atoms with Crippen LogP contribution in [0.4, 0.5) is 0 Å². The summed E-state index contributed by atoms with van der Waals surface area (Å²) >= 11 is 0. The molecule has 15 nitrogen and oxygen atoms in total. The molecule has 0 spiro atoms. The highest BCUT2D eigenvalue weighted by Crippen LogP contribution is 2.06. The van der Waals surface area contributed by atoms with Crippen LogP contribution in [0.2, 0.25) is 0 Å². The Morgan fingerprint density at radius 2 is 1.49 bits per heavy atom. The molecule has 0 fully saturated rings. The minimum absolute atomic E-state index is 0.190. The minimum Gasteiger partial charge on any atom is -0.481 e. The molecule has 200 valence electrons. The third-order valence-electron chi connectivity index (χ3n) is 5.14. The molecule has 4 amide bonds. The van der Waals surface area contributed by atoms with Crippen LogP contribution >= 0.6 is 0 Å². The second-order valence-electron chi connectivity index (χ2n) is 7.99. The van der Waals surface area contributed by atoms with Gasteiger partial charge in [0.2, 0.25) is 23.6 Å². The van der Waals surface area contributed by atoms with Gasteiger partial charge in [0.05, 0.1) is 25.3 Å². The van der Waals surface area contributed by atoms with Gasteiger partial charge in [-0.25, -0.2) is 4.79 Å². The first kappa shape index (κ1) is 31.7. The van der Waals surface area contributed by atoms with Gasteiger partial charge in [-0.15, -0.1) is 0 Å². The first-order chi connectivity index (χ1) is 16.2. The van der Waals surface area contributed by atoms with Crippen LogP contribution in [0.1, 0.15) is 40.0 Å². The lowest BCUT2D eigenvalue weighted by molar-refractivity contribution is -0.143. The maximum atomic E-state index is 12.4. The average Bonchev–Trinajstić information content (AvgIpc) is 2.79. The summed E-state index contributed by atoms with van der Waals surface area (Å²) in [7, 11) is 0. The quantitative estimate of drug-likeness (QED) is 0.0984. The molecular weight excluding hydrogens is 470 g/mol. The van der Waals surface area contributed by atoms with E-state index < -0.39 is 91.8 Å². The number of rotatable bonds is 16. The van der Waals surface area contributed by atoms with E-state index in [9.17, 15) is 39.0 Å². The van der Waals surface area contributed by atoms with Crippen LogP contribution in [0, 0.1) is 5.92 Å². The average molecular weight is 506 g/mol. The van der Waals surface area contributed by atoms with Gasteiger partial charge in [-0.1, -0.05) is 20.3 Å². The molecule has 0 saturated carbocycles. The van der Waals surface area contributed by atoms with Gasteiger partial charge in [-0.2, -0.15) is 0 Å². The van der Waals surface area contributed by atoms with Crippen LogP contribution in [0.5, 0.6) is 0 Å². The van der Waals surface area contributed by atoms with Crippen molar-refractivity contribution < 1.29 is 49.2 Å². The molecule has 0 bridgehead atoms. The maximum Gasteiger partial charge on any atom is 0.326 e. The van der Waals surface area contributed by atoms with Gasteiger partial charge in [0.1, 0.15) is 18.1 Å². The number of hydrogen-bond donors (Lipinski definition) is 9. The predicted molar refractivity (Wildman–Crippen MR) is 120 cm³/mol. The van der Waals surface area contributed by atoms with E-state index in [1.165, 1.54) is 6.92 Å². The number of aliphatic hydroxyl groups excluding tert-OH is 2. The molecule has 0 unspecified atom stereocenters. The molecule has 0 saturated heterocycles. The molecule has 0 aliphatic carbocycles. The van der Waals surface area contributed by atoms with Crippen LogP contribution in [-0.2, 0) is 28.8 Å². The molecule has 35 heavy (non-hydrogen) atoms. The Bertz CT molecular complexity index is 775. The summed E-state index contributed by atoms with van der Waals surface area (Å²) in [6, 6.07) is -5.51. The molecular formula is C20H35N5O10. The summed E-state index contributed by atoms with van der Waals surface area (Å²) in [5.74, 6) is -6.59. The van der Waals surface area contributed by atoms with Gasteiger partial charge in [0.25, 0.3) is 0 Å². The van der Waals surface area contributed by atoms with Gasteiger partial charge in [0, 0.05) is 6.42 Å². The normalized spacial score (nSPS) is 15.9. The van der Waals surface area contributed by atoms with Crippen molar-refractivity contribution in [2.24, 2.45) is 11.7 Å². The van der Waals surface area contributed by atoms with E-state index in [1.54, 1.807) is 6.92 Å². The fourth-order valence-electron chi connectivity index (χ4n) is 2.68. The zero-order valence-corrected chi connectivity index (χ0v) is 19.8. The van der Waals surface area contributed by atoms with Gasteiger partial charge in [0.15, 0.2) is 0 Å². The Kier molecular flexibility index (Phi) is 14.1. The lowest BCUT2D eigenvalue weighted by Crippen LogP contribution is -2.58. The Labute approximate surface area is 201 Å². The van der Waals surface area contributed by atoms with Crippen LogP contribution in [0.25, 0.3) is 0 Å². The van der Waals surface area contributed by atoms with Gasteiger partial charge >= 0.3 is 11.9 Å². The summed E-state index contributed by atoms with van der Waals surface area (Å²) < 4.78 is 0. The van der Waals surface area contributed by atoms with Crippen molar-refractivity contribution in [1.29, 1.82) is 0 Å². The summed E-state index contributed by atoms with van der Waals surface area (Å²) in [6.07, 6.45) is -1.69. The fraction of sp³-hybridized carbons (Fsp3) is 0.700. The largest absolute Gasteiger partial charge is 0.481 e. The molecule has 0 heterocycles. The Morgan fingerprint density at radius 3 is 1.94 bits per heavy atom. The molecule has 0 aromatic carbocycles. The molecule has 0 aliphatic heterocycles. The van der Waals surface area contributed by atoms with Crippen molar-refractivity contribution >= 4 is 35.6 Å². The Balaban J connectivity index is 4.95. The third-order valence-corrected chi connectivity index (χ3v) is 5.14. The number of carbonyl (C=O) groups excluding carboxylic acids is 4. The zero-order valence-electron chi connectivity index (χ0n) is 19.8. The highest BCUT2D eigenvalue weighted by atomic mass is 16.4. The van der Waals surface area contributed by atoms with Gasteiger partial charge in [-0.3, -0.25) is 24.0 Å². The van der Waals surface area contributed by atoms with Crippen molar-refractivity contribution in [2.45, 2.75) is 70.3 Å². The van der Waals surface area contributed by atoms with Crippen LogP contribution in [0.3, 0.4) is 0 Å². The van der Waals surface area contributed by atoms with E-state index in [4.69, 9.17) is 15.9 Å². The van der Waals surface area contributed by atoms with Crippen molar-refractivity contribution in [1.82, 2.24) is 21.3 Å². The lowest BCUT2D eigenvalue weighted by atomic mass is 9.99. The molecule has 0 rings (SSSR count). The molecule has 15 heteroatoms. The monoisotopic (exact) mass is 505 g/mol. The number of nitrogens with one attached hydrogen (secondary N) is 4. The minimum atomic E-state index is -1.59. The number of carboxylic acids is 2. The van der Waals surface area contributed by atoms with Gasteiger partial charge < -0.3 is 47.4 Å². The topological polar surface area (TPSA) is 257 Å². The number of aliphatic carboxylic acids is 2. The molecule has 0 radical (unpaired) electrons. The summed E-state index contributed by atoms with van der Waals surface area (Å²) in [5.41, 5.74) is 5.81. The SMILES string of the molecule is CC[C@H](C)[C@H](N)C(=O)N[C@H](C(=O)NCC(=O)N[C@@H](CO)C(=O)N[C@@H](CCC(=O)O)C(=O)O)[C@@H](C)O. The van der Waals surface area contributed by atoms with Crippen molar-refractivity contribution in [3.63, 3.8) is 0 Å². The summed E-state index contributed by atoms with van der Waals surface area (Å²) in [6.45, 7) is 3.18. The fourth-order valence-corrected chi connectivity index (χ4v) is 2.68. The summed E-state index contributed by atoms with van der Waals surface area (Å²) in [5, 5.41) is 45.6. The first-order valence-corrected chi connectivity index (χ1v) is 10.9. The first-order valence-electron chi connectivity index (χ1n) is 10.9. The standard InChI is InChI=1S/C20H35N5O10/c1-4-9(2)15(21)18(32)25-16(10(3)27)19(33)22-7-13(28)23-12(8-26)17(31)24-11(20(34)35)5-6-14(29)30/h9-12,15-16,26-27H,4-8,21H2,1-3H3,(H,22,33)(H,23,28)(H,24,31)(H,25,32)(H,29,30)(H,34,35)/t9-,10+,11-,12-,15-,16-/m0/s1. The Hall–Kier alpha value is -3.30. The van der Waals surface area contributed by atoms with Crippen LogP contribution < -0.4 is 27.0 Å². The number of carbonyl (C=O) groups is 6. The highest BCUT2D eigenvalue weighted by Gasteiger charge is 2.30. The number of hydrogen-bond acceptors (Lipinski definition) is 9. The van der Waals surface area contributed by atoms with Gasteiger partial charge in [-0.05, 0) is 19.3 Å².